The first-order valence-corrected chi connectivity index (χ1v) is 10.2. The normalized spacial score (nSPS) is 16.0. The number of hydrogen-bond donors (Lipinski definition) is 3. The first kappa shape index (κ1) is 22.7. The molecular formula is C22H32N2O5. The van der Waals surface area contributed by atoms with Crippen molar-refractivity contribution in [3.8, 4) is 0 Å². The van der Waals surface area contributed by atoms with Crippen LogP contribution in [0, 0.1) is 5.92 Å². The standard InChI is InChI=1S/C22H32N2O5/c1-22(2,3)29-21(28)23-14-16-9-11-17(12-10-16)19(20(26)27)24-18(25)13-15-7-5-4-6-8-15/h9-12,15,19H,4-8,13-14H2,1-3H3,(H,23,28)(H,24,25)(H,26,27). The van der Waals surface area contributed by atoms with E-state index < -0.39 is 23.7 Å². The van der Waals surface area contributed by atoms with Crippen LogP contribution < -0.4 is 10.6 Å². The lowest BCUT2D eigenvalue weighted by Gasteiger charge is -2.22. The topological polar surface area (TPSA) is 105 Å². The van der Waals surface area contributed by atoms with Gasteiger partial charge < -0.3 is 20.5 Å². The molecule has 0 bridgehead atoms. The largest absolute Gasteiger partial charge is 0.479 e. The Kier molecular flexibility index (Phi) is 8.05. The molecule has 7 nitrogen and oxygen atoms in total. The van der Waals surface area contributed by atoms with E-state index in [1.54, 1.807) is 45.0 Å². The molecule has 1 aromatic rings. The molecular weight excluding hydrogens is 372 g/mol. The molecule has 2 rings (SSSR count). The maximum Gasteiger partial charge on any atom is 0.407 e. The van der Waals surface area contributed by atoms with Crippen molar-refractivity contribution in [2.75, 3.05) is 0 Å². The molecule has 29 heavy (non-hydrogen) atoms. The van der Waals surface area contributed by atoms with Gasteiger partial charge in [-0.3, -0.25) is 4.79 Å². The van der Waals surface area contributed by atoms with E-state index in [9.17, 15) is 19.5 Å². The molecule has 3 N–H and O–H groups in total. The molecule has 1 unspecified atom stereocenters. The van der Waals surface area contributed by atoms with E-state index in [0.717, 1.165) is 31.2 Å². The maximum absolute atomic E-state index is 12.3. The van der Waals surface area contributed by atoms with Crippen molar-refractivity contribution in [3.63, 3.8) is 0 Å². The molecule has 0 spiro atoms. The highest BCUT2D eigenvalue weighted by atomic mass is 16.6. The van der Waals surface area contributed by atoms with E-state index in [1.807, 2.05) is 0 Å². The summed E-state index contributed by atoms with van der Waals surface area (Å²) in [4.78, 5) is 35.7. The number of hydrogen-bond acceptors (Lipinski definition) is 4. The number of rotatable bonds is 7. The molecule has 1 aromatic carbocycles. The van der Waals surface area contributed by atoms with E-state index >= 15 is 0 Å². The molecule has 0 heterocycles. The zero-order valence-electron chi connectivity index (χ0n) is 17.5. The summed E-state index contributed by atoms with van der Waals surface area (Å²) in [5, 5.41) is 14.9. The number of amides is 2. The van der Waals surface area contributed by atoms with Crippen LogP contribution in [0.1, 0.15) is 76.5 Å². The Bertz CT molecular complexity index is 703. The number of alkyl carbamates (subject to hydrolysis) is 1. The number of ether oxygens (including phenoxy) is 1. The minimum atomic E-state index is -1.10. The third kappa shape index (κ3) is 8.13. The fraction of sp³-hybridized carbons (Fsp3) is 0.591. The lowest BCUT2D eigenvalue weighted by Crippen LogP contribution is -2.35. The van der Waals surface area contributed by atoms with Gasteiger partial charge >= 0.3 is 12.1 Å². The molecule has 160 valence electrons. The van der Waals surface area contributed by atoms with E-state index in [0.29, 0.717) is 17.9 Å². The van der Waals surface area contributed by atoms with Crippen molar-refractivity contribution in [2.45, 2.75) is 77.5 Å². The molecule has 2 amide bonds. The van der Waals surface area contributed by atoms with Crippen LogP contribution in [0.5, 0.6) is 0 Å². The second-order valence-corrected chi connectivity index (χ2v) is 8.64. The quantitative estimate of drug-likeness (QED) is 0.639. The van der Waals surface area contributed by atoms with Crippen molar-refractivity contribution in [2.24, 2.45) is 5.92 Å². The monoisotopic (exact) mass is 404 g/mol. The van der Waals surface area contributed by atoms with Crippen molar-refractivity contribution in [1.82, 2.24) is 10.6 Å². The number of carboxylic acids is 1. The Labute approximate surface area is 172 Å². The predicted octanol–water partition coefficient (Wildman–Crippen LogP) is 3.92. The SMILES string of the molecule is CC(C)(C)OC(=O)NCc1ccc(C(NC(=O)CC2CCCCC2)C(=O)O)cc1. The molecule has 0 aliphatic heterocycles. The van der Waals surface area contributed by atoms with Gasteiger partial charge in [0.1, 0.15) is 5.60 Å². The Morgan fingerprint density at radius 1 is 1.10 bits per heavy atom. The average molecular weight is 405 g/mol. The van der Waals surface area contributed by atoms with Gasteiger partial charge in [-0.25, -0.2) is 9.59 Å². The Balaban J connectivity index is 1.91. The summed E-state index contributed by atoms with van der Waals surface area (Å²) < 4.78 is 5.18. The molecule has 1 aliphatic carbocycles. The van der Waals surface area contributed by atoms with Crippen LogP contribution in [0.4, 0.5) is 4.79 Å². The summed E-state index contributed by atoms with van der Waals surface area (Å²) in [5.41, 5.74) is 0.728. The third-order valence-corrected chi connectivity index (χ3v) is 4.90. The van der Waals surface area contributed by atoms with Gasteiger partial charge in [-0.15, -0.1) is 0 Å². The first-order valence-electron chi connectivity index (χ1n) is 10.2. The highest BCUT2D eigenvalue weighted by Gasteiger charge is 2.24. The van der Waals surface area contributed by atoms with Gasteiger partial charge in [-0.2, -0.15) is 0 Å². The predicted molar refractivity (Wildman–Crippen MR) is 109 cm³/mol. The van der Waals surface area contributed by atoms with Crippen LogP contribution in [0.15, 0.2) is 24.3 Å². The van der Waals surface area contributed by atoms with Gasteiger partial charge in [0.15, 0.2) is 6.04 Å². The van der Waals surface area contributed by atoms with Crippen LogP contribution in [-0.4, -0.2) is 28.7 Å². The smallest absolute Gasteiger partial charge is 0.407 e. The van der Waals surface area contributed by atoms with Crippen molar-refractivity contribution < 1.29 is 24.2 Å². The second-order valence-electron chi connectivity index (χ2n) is 8.64. The van der Waals surface area contributed by atoms with E-state index in [2.05, 4.69) is 10.6 Å². The van der Waals surface area contributed by atoms with Gasteiger partial charge in [-0.1, -0.05) is 43.5 Å². The minimum absolute atomic E-state index is 0.222. The van der Waals surface area contributed by atoms with Crippen molar-refractivity contribution >= 4 is 18.0 Å². The summed E-state index contributed by atoms with van der Waals surface area (Å²) in [6, 6.07) is 5.70. The summed E-state index contributed by atoms with van der Waals surface area (Å²) in [5.74, 6) is -0.971. The molecule has 7 heteroatoms. The molecule has 0 radical (unpaired) electrons. The average Bonchev–Trinajstić information content (AvgIpc) is 2.64. The van der Waals surface area contributed by atoms with Gasteiger partial charge in [0.25, 0.3) is 0 Å². The van der Waals surface area contributed by atoms with Gasteiger partial charge in [0.05, 0.1) is 0 Å². The zero-order valence-corrected chi connectivity index (χ0v) is 17.5. The van der Waals surface area contributed by atoms with Gasteiger partial charge in [-0.05, 0) is 50.7 Å². The molecule has 1 atom stereocenters. The van der Waals surface area contributed by atoms with E-state index in [-0.39, 0.29) is 12.5 Å². The highest BCUT2D eigenvalue weighted by molar-refractivity contribution is 5.84. The molecule has 1 fully saturated rings. The molecule has 0 aromatic heterocycles. The fourth-order valence-corrected chi connectivity index (χ4v) is 3.48. The molecule has 1 saturated carbocycles. The summed E-state index contributed by atoms with van der Waals surface area (Å²) in [6.07, 6.45) is 5.42. The van der Waals surface area contributed by atoms with Gasteiger partial charge in [0.2, 0.25) is 5.91 Å². The first-order chi connectivity index (χ1) is 13.6. The Morgan fingerprint density at radius 3 is 2.28 bits per heavy atom. The number of nitrogens with one attached hydrogen (secondary N) is 2. The van der Waals surface area contributed by atoms with Crippen molar-refractivity contribution in [3.05, 3.63) is 35.4 Å². The lowest BCUT2D eigenvalue weighted by atomic mass is 9.87. The summed E-state index contributed by atoms with van der Waals surface area (Å²) in [6.45, 7) is 5.63. The van der Waals surface area contributed by atoms with Crippen LogP contribution in [0.3, 0.4) is 0 Å². The highest BCUT2D eigenvalue weighted by Crippen LogP contribution is 2.26. The Morgan fingerprint density at radius 2 is 1.72 bits per heavy atom. The minimum Gasteiger partial charge on any atom is -0.479 e. The van der Waals surface area contributed by atoms with Crippen LogP contribution in [-0.2, 0) is 20.9 Å². The zero-order chi connectivity index (χ0) is 21.4. The number of carbonyl (C=O) groups is 3. The third-order valence-electron chi connectivity index (χ3n) is 4.90. The Hall–Kier alpha value is -2.57. The van der Waals surface area contributed by atoms with Crippen molar-refractivity contribution in [1.29, 1.82) is 0 Å². The number of carbonyl (C=O) groups excluding carboxylic acids is 2. The summed E-state index contributed by atoms with van der Waals surface area (Å²) >= 11 is 0. The number of benzene rings is 1. The van der Waals surface area contributed by atoms with Crippen LogP contribution in [0.2, 0.25) is 0 Å². The molecule has 1 aliphatic rings. The fourth-order valence-electron chi connectivity index (χ4n) is 3.48. The van der Waals surface area contributed by atoms with Crippen LogP contribution >= 0.6 is 0 Å². The second kappa shape index (κ2) is 10.3. The maximum atomic E-state index is 12.3. The number of carboxylic acid groups (broad SMARTS) is 1. The van der Waals surface area contributed by atoms with E-state index in [1.165, 1.54) is 6.42 Å². The van der Waals surface area contributed by atoms with E-state index in [4.69, 9.17) is 4.74 Å². The summed E-state index contributed by atoms with van der Waals surface area (Å²) in [7, 11) is 0. The number of aliphatic carboxylic acids is 1. The van der Waals surface area contributed by atoms with Gasteiger partial charge in [0, 0.05) is 13.0 Å². The van der Waals surface area contributed by atoms with Crippen LogP contribution in [0.25, 0.3) is 0 Å². The lowest BCUT2D eigenvalue weighted by molar-refractivity contribution is -0.142. The molecule has 0 saturated heterocycles.